The van der Waals surface area contributed by atoms with Crippen molar-refractivity contribution in [3.05, 3.63) is 82.9 Å². The fourth-order valence-corrected chi connectivity index (χ4v) is 6.01. The lowest BCUT2D eigenvalue weighted by Gasteiger charge is -2.42. The summed E-state index contributed by atoms with van der Waals surface area (Å²) in [4.78, 5) is 46.1. The lowest BCUT2D eigenvalue weighted by Crippen LogP contribution is -2.53. The van der Waals surface area contributed by atoms with E-state index >= 15 is 0 Å². The summed E-state index contributed by atoms with van der Waals surface area (Å²) in [5.74, 6) is -0.612. The molecule has 2 aliphatic heterocycles. The fraction of sp³-hybridized carbons (Fsp3) is 0.379. The minimum atomic E-state index is -1.20. The number of para-hydroxylation sites is 1. The average molecular weight is 558 g/mol. The second-order valence-electron chi connectivity index (χ2n) is 10.9. The molecular weight excluding hydrogens is 526 g/mol. The number of piperidine rings is 2. The zero-order chi connectivity index (χ0) is 28.6. The summed E-state index contributed by atoms with van der Waals surface area (Å²) in [5.41, 5.74) is 0.547. The van der Waals surface area contributed by atoms with Crippen molar-refractivity contribution in [1.29, 1.82) is 0 Å². The van der Waals surface area contributed by atoms with Crippen LogP contribution in [0.1, 0.15) is 30.7 Å². The number of carboxylic acid groups (broad SMARTS) is 1. The minimum Gasteiger partial charge on any atom is -0.465 e. The van der Waals surface area contributed by atoms with Gasteiger partial charge in [0.05, 0.1) is 17.8 Å². The highest BCUT2D eigenvalue weighted by Gasteiger charge is 2.41. The second kappa shape index (κ2) is 10.8. The van der Waals surface area contributed by atoms with Gasteiger partial charge in [0.15, 0.2) is 11.2 Å². The zero-order valence-corrected chi connectivity index (χ0v) is 22.4. The third kappa shape index (κ3) is 5.18. The number of hydrogen-bond acceptors (Lipinski definition) is 7. The summed E-state index contributed by atoms with van der Waals surface area (Å²) in [5, 5.41) is 29.1. The first-order chi connectivity index (χ1) is 19.8. The van der Waals surface area contributed by atoms with Gasteiger partial charge in [-0.25, -0.2) is 9.78 Å². The third-order valence-electron chi connectivity index (χ3n) is 8.33. The van der Waals surface area contributed by atoms with Crippen molar-refractivity contribution in [3.8, 4) is 5.69 Å². The van der Waals surface area contributed by atoms with Crippen LogP contribution < -0.4 is 5.56 Å². The van der Waals surface area contributed by atoms with E-state index in [1.165, 1.54) is 20.5 Å². The van der Waals surface area contributed by atoms with Crippen molar-refractivity contribution in [2.24, 2.45) is 5.92 Å². The molecule has 2 aliphatic rings. The highest BCUT2D eigenvalue weighted by atomic mass is 16.4. The van der Waals surface area contributed by atoms with Crippen molar-refractivity contribution in [3.63, 3.8) is 0 Å². The number of amides is 2. The van der Waals surface area contributed by atoms with Crippen molar-refractivity contribution in [2.75, 3.05) is 26.2 Å². The van der Waals surface area contributed by atoms with Crippen LogP contribution in [0, 0.1) is 5.92 Å². The Labute approximate surface area is 235 Å². The molecule has 2 saturated heterocycles. The van der Waals surface area contributed by atoms with Gasteiger partial charge in [-0.05, 0) is 37.0 Å². The van der Waals surface area contributed by atoms with E-state index in [0.29, 0.717) is 44.5 Å². The van der Waals surface area contributed by atoms with Crippen LogP contribution in [-0.2, 0) is 11.3 Å². The Hall–Kier alpha value is -4.58. The molecule has 12 heteroatoms. The number of fused-ring (bicyclic) bond motifs is 1. The Balaban J connectivity index is 1.15. The summed E-state index contributed by atoms with van der Waals surface area (Å²) in [6.45, 7) is 1.27. The van der Waals surface area contributed by atoms with Gasteiger partial charge < -0.3 is 20.0 Å². The fourth-order valence-electron chi connectivity index (χ4n) is 6.01. The number of hydrogen-bond donors (Lipinski definition) is 2. The number of nitrogens with zero attached hydrogens (tertiary/aromatic N) is 7. The first-order valence-corrected chi connectivity index (χ1v) is 13.7. The Bertz CT molecular complexity index is 1610. The summed E-state index contributed by atoms with van der Waals surface area (Å²) < 4.78 is 2.86. The quantitative estimate of drug-likeness (QED) is 0.379. The maximum absolute atomic E-state index is 13.7. The summed E-state index contributed by atoms with van der Waals surface area (Å²) in [6.07, 6.45) is 1.46. The van der Waals surface area contributed by atoms with E-state index in [0.717, 1.165) is 11.3 Å². The number of benzene rings is 2. The van der Waals surface area contributed by atoms with E-state index in [-0.39, 0.29) is 41.9 Å². The maximum atomic E-state index is 13.7. The van der Waals surface area contributed by atoms with Gasteiger partial charge in [0.1, 0.15) is 6.33 Å². The van der Waals surface area contributed by atoms with Crippen molar-refractivity contribution in [1.82, 2.24) is 34.3 Å². The molecule has 0 bridgehead atoms. The van der Waals surface area contributed by atoms with Crippen LogP contribution in [0.4, 0.5) is 4.79 Å². The molecule has 2 amide bonds. The van der Waals surface area contributed by atoms with Gasteiger partial charge in [0, 0.05) is 38.0 Å². The predicted octanol–water partition coefficient (Wildman–Crippen LogP) is 2.11. The molecule has 2 aromatic heterocycles. The maximum Gasteiger partial charge on any atom is 0.407 e. The summed E-state index contributed by atoms with van der Waals surface area (Å²) in [6, 6.07) is 18.8. The van der Waals surface area contributed by atoms with E-state index in [2.05, 4.69) is 15.3 Å². The number of aromatic nitrogens is 5. The molecule has 0 aliphatic carbocycles. The standard InChI is InChI=1S/C29H31N7O5/c37-26(22-11-14-34(28(39)40)17-23(22)20-7-3-1-4-8-20)33-15-12-29(41,13-16-33)18-35-19-30-25-24(27(35)38)31-32-36(25)21-9-5-2-6-10-21/h1-10,19,22-23,41H,11-18H2,(H,39,40)/t22-,23+/m1/s1. The summed E-state index contributed by atoms with van der Waals surface area (Å²) in [7, 11) is 0. The Morgan fingerprint density at radius 3 is 2.32 bits per heavy atom. The molecule has 0 unspecified atom stereocenters. The molecule has 0 saturated carbocycles. The van der Waals surface area contributed by atoms with Gasteiger partial charge in [-0.3, -0.25) is 14.2 Å². The average Bonchev–Trinajstić information content (AvgIpc) is 3.44. The van der Waals surface area contributed by atoms with Crippen LogP contribution >= 0.6 is 0 Å². The van der Waals surface area contributed by atoms with Crippen molar-refractivity contribution >= 4 is 23.2 Å². The zero-order valence-electron chi connectivity index (χ0n) is 22.4. The SMILES string of the molecule is O=C(O)N1CC[C@@H](C(=O)N2CCC(O)(Cn3cnc4c(nnn4-c4ccccc4)c3=O)CC2)[C@H](c2ccccc2)C1. The number of rotatable bonds is 5. The number of carbonyl (C=O) groups excluding carboxylic acids is 1. The highest BCUT2D eigenvalue weighted by Crippen LogP contribution is 2.35. The lowest BCUT2D eigenvalue weighted by molar-refractivity contribution is -0.142. The largest absolute Gasteiger partial charge is 0.465 e. The van der Waals surface area contributed by atoms with Crippen LogP contribution in [-0.4, -0.2) is 88.3 Å². The molecular formula is C29H31N7O5. The summed E-state index contributed by atoms with van der Waals surface area (Å²) >= 11 is 0. The van der Waals surface area contributed by atoms with E-state index < -0.39 is 11.7 Å². The number of carbonyl (C=O) groups is 2. The molecule has 4 heterocycles. The number of likely N-dealkylation sites (tertiary alicyclic amines) is 2. The van der Waals surface area contributed by atoms with Gasteiger partial charge in [-0.1, -0.05) is 53.7 Å². The van der Waals surface area contributed by atoms with Crippen LogP contribution in [0.25, 0.3) is 16.9 Å². The molecule has 0 radical (unpaired) electrons. The Morgan fingerprint density at radius 1 is 0.951 bits per heavy atom. The van der Waals surface area contributed by atoms with Gasteiger partial charge in [-0.2, -0.15) is 4.68 Å². The molecule has 41 heavy (non-hydrogen) atoms. The van der Waals surface area contributed by atoms with Gasteiger partial charge >= 0.3 is 6.09 Å². The molecule has 6 rings (SSSR count). The first-order valence-electron chi connectivity index (χ1n) is 13.7. The predicted molar refractivity (Wildman–Crippen MR) is 149 cm³/mol. The smallest absolute Gasteiger partial charge is 0.407 e. The normalized spacial score (nSPS) is 20.7. The molecule has 2 fully saturated rings. The molecule has 12 nitrogen and oxygen atoms in total. The van der Waals surface area contributed by atoms with Crippen LogP contribution in [0.5, 0.6) is 0 Å². The third-order valence-corrected chi connectivity index (χ3v) is 8.33. The van der Waals surface area contributed by atoms with Crippen LogP contribution in [0.3, 0.4) is 0 Å². The van der Waals surface area contributed by atoms with Gasteiger partial charge in [0.25, 0.3) is 5.56 Å². The van der Waals surface area contributed by atoms with Crippen molar-refractivity contribution < 1.29 is 19.8 Å². The van der Waals surface area contributed by atoms with Gasteiger partial charge in [-0.15, -0.1) is 5.10 Å². The van der Waals surface area contributed by atoms with Crippen LogP contribution in [0.2, 0.25) is 0 Å². The second-order valence-corrected chi connectivity index (χ2v) is 10.9. The number of aliphatic hydroxyl groups is 1. The molecule has 4 aromatic rings. The topological polar surface area (TPSA) is 147 Å². The Morgan fingerprint density at radius 2 is 1.63 bits per heavy atom. The molecule has 2 aromatic carbocycles. The van der Waals surface area contributed by atoms with E-state index in [1.54, 1.807) is 4.90 Å². The molecule has 212 valence electrons. The molecule has 2 N–H and O–H groups in total. The van der Waals surface area contributed by atoms with Crippen molar-refractivity contribution in [2.45, 2.75) is 37.3 Å². The molecule has 0 spiro atoms. The van der Waals surface area contributed by atoms with E-state index in [1.807, 2.05) is 60.7 Å². The lowest BCUT2D eigenvalue weighted by atomic mass is 9.79. The Kier molecular flexibility index (Phi) is 7.00. The van der Waals surface area contributed by atoms with E-state index in [4.69, 9.17) is 0 Å². The van der Waals surface area contributed by atoms with E-state index in [9.17, 15) is 24.6 Å². The monoisotopic (exact) mass is 557 g/mol. The molecule has 2 atom stereocenters. The first kappa shape index (κ1) is 26.6. The minimum absolute atomic E-state index is 0.0243. The van der Waals surface area contributed by atoms with Gasteiger partial charge in [0.2, 0.25) is 5.91 Å². The van der Waals surface area contributed by atoms with Crippen LogP contribution in [0.15, 0.2) is 71.8 Å². The highest BCUT2D eigenvalue weighted by molar-refractivity contribution is 5.81.